The minimum Gasteiger partial charge on any atom is -0.320 e. The van der Waals surface area contributed by atoms with E-state index in [1.165, 1.54) is 29.5 Å². The third-order valence-electron chi connectivity index (χ3n) is 6.18. The van der Waals surface area contributed by atoms with E-state index in [1.807, 2.05) is 49.1 Å². The van der Waals surface area contributed by atoms with Crippen LogP contribution in [0.1, 0.15) is 54.9 Å². The molecule has 178 valence electrons. The lowest BCUT2D eigenvalue weighted by molar-refractivity contribution is 0.216. The lowest BCUT2D eigenvalue weighted by Gasteiger charge is -2.26. The average Bonchev–Trinajstić information content (AvgIpc) is 2.85. The van der Waals surface area contributed by atoms with Crippen molar-refractivity contribution >= 4 is 17.8 Å². The molecule has 3 aromatic rings. The Hall–Kier alpha value is -3.33. The Bertz CT molecular complexity index is 1040. The highest BCUT2D eigenvalue weighted by molar-refractivity contribution is 5.91. The van der Waals surface area contributed by atoms with Crippen LogP contribution in [0.3, 0.4) is 0 Å². The van der Waals surface area contributed by atoms with Crippen molar-refractivity contribution in [3.63, 3.8) is 0 Å². The van der Waals surface area contributed by atoms with Gasteiger partial charge in [0, 0.05) is 18.8 Å². The van der Waals surface area contributed by atoms with Gasteiger partial charge in [0.05, 0.1) is 0 Å². The smallest absolute Gasteiger partial charge is 0.320 e. The van der Waals surface area contributed by atoms with E-state index in [0.717, 1.165) is 36.1 Å². The number of nitrogens with one attached hydrogen (secondary N) is 1. The van der Waals surface area contributed by atoms with Crippen molar-refractivity contribution in [3.8, 4) is 0 Å². The number of hydrogen-bond donors (Lipinski definition) is 1. The number of amides is 2. The van der Waals surface area contributed by atoms with E-state index in [4.69, 9.17) is 0 Å². The van der Waals surface area contributed by atoms with Crippen molar-refractivity contribution in [3.05, 3.63) is 107 Å². The molecule has 0 spiro atoms. The maximum absolute atomic E-state index is 13.5. The first-order valence-corrected chi connectivity index (χ1v) is 12.5. The second kappa shape index (κ2) is 13.4. The standard InChI is InChI=1S/C31H38N2O/c1-4-5-8-20-29(23-28-18-11-7-12-19-28)24-33(22-21-27-16-9-6-10-17-27)31(34)32-30-25(2)14-13-15-26(30)3/h6-7,9-19,23H,4-5,8,20-22,24H2,1-3H3,(H,32,34). The van der Waals surface area contributed by atoms with Crippen LogP contribution >= 0.6 is 0 Å². The van der Waals surface area contributed by atoms with Crippen molar-refractivity contribution in [2.24, 2.45) is 0 Å². The van der Waals surface area contributed by atoms with E-state index in [9.17, 15) is 4.79 Å². The number of nitrogens with zero attached hydrogens (tertiary/aromatic N) is 1. The summed E-state index contributed by atoms with van der Waals surface area (Å²) in [6, 6.07) is 26.9. The fourth-order valence-corrected chi connectivity index (χ4v) is 4.19. The molecule has 0 aliphatic carbocycles. The van der Waals surface area contributed by atoms with Crippen LogP contribution in [0.4, 0.5) is 10.5 Å². The van der Waals surface area contributed by atoms with Crippen LogP contribution in [0.25, 0.3) is 6.08 Å². The normalized spacial score (nSPS) is 11.3. The third kappa shape index (κ3) is 7.91. The van der Waals surface area contributed by atoms with Gasteiger partial charge in [0.1, 0.15) is 0 Å². The van der Waals surface area contributed by atoms with Crippen LogP contribution in [-0.2, 0) is 6.42 Å². The summed E-state index contributed by atoms with van der Waals surface area (Å²) in [6.07, 6.45) is 7.61. The molecule has 0 bridgehead atoms. The molecule has 0 heterocycles. The van der Waals surface area contributed by atoms with Gasteiger partial charge in [-0.15, -0.1) is 0 Å². The van der Waals surface area contributed by atoms with E-state index in [0.29, 0.717) is 13.1 Å². The minimum absolute atomic E-state index is 0.0391. The molecular weight excluding hydrogens is 416 g/mol. The van der Waals surface area contributed by atoms with Gasteiger partial charge in [-0.3, -0.25) is 0 Å². The number of para-hydroxylation sites is 1. The molecule has 0 unspecified atom stereocenters. The van der Waals surface area contributed by atoms with Crippen molar-refractivity contribution in [1.29, 1.82) is 0 Å². The molecule has 3 heteroatoms. The van der Waals surface area contributed by atoms with Gasteiger partial charge in [-0.1, -0.05) is 110 Å². The molecule has 0 fully saturated rings. The van der Waals surface area contributed by atoms with Crippen LogP contribution in [0, 0.1) is 13.8 Å². The van der Waals surface area contributed by atoms with Gasteiger partial charge in [-0.25, -0.2) is 4.79 Å². The third-order valence-corrected chi connectivity index (χ3v) is 6.18. The Labute approximate surface area is 205 Å². The highest BCUT2D eigenvalue weighted by Gasteiger charge is 2.17. The minimum atomic E-state index is -0.0391. The number of unbranched alkanes of at least 4 members (excludes halogenated alkanes) is 2. The number of carbonyl (C=O) groups excluding carboxylic acids is 1. The van der Waals surface area contributed by atoms with Crippen molar-refractivity contribution < 1.29 is 4.79 Å². The molecule has 0 atom stereocenters. The molecule has 0 aliphatic rings. The van der Waals surface area contributed by atoms with Crippen LogP contribution in [0.5, 0.6) is 0 Å². The largest absolute Gasteiger partial charge is 0.322 e. The summed E-state index contributed by atoms with van der Waals surface area (Å²) < 4.78 is 0. The Morgan fingerprint density at radius 2 is 1.50 bits per heavy atom. The zero-order valence-corrected chi connectivity index (χ0v) is 20.9. The SMILES string of the molecule is CCCCCC(=Cc1ccccc1)CN(CCc1ccccc1)C(=O)Nc1c(C)cccc1C. The topological polar surface area (TPSA) is 32.3 Å². The maximum Gasteiger partial charge on any atom is 0.322 e. The summed E-state index contributed by atoms with van der Waals surface area (Å²) >= 11 is 0. The zero-order valence-electron chi connectivity index (χ0n) is 20.9. The Kier molecular flexibility index (Phi) is 9.97. The predicted molar refractivity (Wildman–Crippen MR) is 145 cm³/mol. The molecule has 1 N–H and O–H groups in total. The first-order chi connectivity index (χ1) is 16.6. The molecule has 3 nitrogen and oxygen atoms in total. The molecule has 0 radical (unpaired) electrons. The van der Waals surface area contributed by atoms with Crippen molar-refractivity contribution in [2.45, 2.75) is 52.9 Å². The Morgan fingerprint density at radius 1 is 0.853 bits per heavy atom. The fourth-order valence-electron chi connectivity index (χ4n) is 4.19. The van der Waals surface area contributed by atoms with Crippen LogP contribution in [0.2, 0.25) is 0 Å². The van der Waals surface area contributed by atoms with Gasteiger partial charge in [0.25, 0.3) is 0 Å². The molecule has 3 rings (SSSR count). The quantitative estimate of drug-likeness (QED) is 0.292. The molecule has 0 aliphatic heterocycles. The van der Waals surface area contributed by atoms with Crippen molar-refractivity contribution in [1.82, 2.24) is 4.90 Å². The lowest BCUT2D eigenvalue weighted by Crippen LogP contribution is -2.38. The second-order valence-corrected chi connectivity index (χ2v) is 9.02. The molecule has 0 saturated heterocycles. The number of benzene rings is 3. The van der Waals surface area contributed by atoms with Gasteiger partial charge in [0.2, 0.25) is 0 Å². The lowest BCUT2D eigenvalue weighted by atomic mass is 10.0. The molecule has 3 aromatic carbocycles. The highest BCUT2D eigenvalue weighted by atomic mass is 16.2. The summed E-state index contributed by atoms with van der Waals surface area (Å²) in [5, 5.41) is 3.21. The van der Waals surface area contributed by atoms with E-state index in [2.05, 4.69) is 66.8 Å². The number of hydrogen-bond acceptors (Lipinski definition) is 1. The van der Waals surface area contributed by atoms with E-state index in [-0.39, 0.29) is 6.03 Å². The average molecular weight is 455 g/mol. The van der Waals surface area contributed by atoms with Gasteiger partial charge in [0.15, 0.2) is 0 Å². The first kappa shape index (κ1) is 25.3. The van der Waals surface area contributed by atoms with E-state index >= 15 is 0 Å². The number of anilines is 1. The number of urea groups is 1. The van der Waals surface area contributed by atoms with Gasteiger partial charge >= 0.3 is 6.03 Å². The zero-order chi connectivity index (χ0) is 24.2. The summed E-state index contributed by atoms with van der Waals surface area (Å²) in [5.41, 5.74) is 6.80. The summed E-state index contributed by atoms with van der Waals surface area (Å²) in [6.45, 7) is 7.61. The van der Waals surface area contributed by atoms with Gasteiger partial charge in [-0.2, -0.15) is 0 Å². The summed E-state index contributed by atoms with van der Waals surface area (Å²) in [5.74, 6) is 0. The van der Waals surface area contributed by atoms with Crippen molar-refractivity contribution in [2.75, 3.05) is 18.4 Å². The van der Waals surface area contributed by atoms with E-state index in [1.54, 1.807) is 0 Å². The van der Waals surface area contributed by atoms with E-state index < -0.39 is 0 Å². The van der Waals surface area contributed by atoms with Crippen LogP contribution in [-0.4, -0.2) is 24.0 Å². The molecule has 0 aromatic heterocycles. The molecule has 0 saturated carbocycles. The molecular formula is C31H38N2O. The fraction of sp³-hybridized carbons (Fsp3) is 0.323. The van der Waals surface area contributed by atoms with Gasteiger partial charge < -0.3 is 10.2 Å². The first-order valence-electron chi connectivity index (χ1n) is 12.5. The van der Waals surface area contributed by atoms with Crippen LogP contribution < -0.4 is 5.32 Å². The van der Waals surface area contributed by atoms with Gasteiger partial charge in [-0.05, 0) is 55.4 Å². The number of carbonyl (C=O) groups is 1. The number of aryl methyl sites for hydroxylation is 2. The summed E-state index contributed by atoms with van der Waals surface area (Å²) in [4.78, 5) is 15.5. The predicted octanol–water partition coefficient (Wildman–Crippen LogP) is 8.04. The second-order valence-electron chi connectivity index (χ2n) is 9.02. The molecule has 2 amide bonds. The summed E-state index contributed by atoms with van der Waals surface area (Å²) in [7, 11) is 0. The Balaban J connectivity index is 1.83. The van der Waals surface area contributed by atoms with Crippen LogP contribution in [0.15, 0.2) is 84.4 Å². The monoisotopic (exact) mass is 454 g/mol. The highest BCUT2D eigenvalue weighted by Crippen LogP contribution is 2.21. The number of rotatable bonds is 11. The maximum atomic E-state index is 13.5. The Morgan fingerprint density at radius 3 is 2.15 bits per heavy atom. The molecule has 34 heavy (non-hydrogen) atoms.